The highest BCUT2D eigenvalue weighted by Crippen LogP contribution is 2.20. The van der Waals surface area contributed by atoms with Crippen molar-refractivity contribution in [2.75, 3.05) is 43.2 Å². The topological polar surface area (TPSA) is 57.3 Å². The summed E-state index contributed by atoms with van der Waals surface area (Å²) >= 11 is 1.75. The lowest BCUT2D eigenvalue weighted by Crippen LogP contribution is -2.30. The Balaban J connectivity index is 1.75. The van der Waals surface area contributed by atoms with E-state index in [0.29, 0.717) is 11.0 Å². The Morgan fingerprint density at radius 1 is 1.45 bits per heavy atom. The molecule has 110 valence electrons. The van der Waals surface area contributed by atoms with Crippen molar-refractivity contribution in [2.24, 2.45) is 0 Å². The summed E-state index contributed by atoms with van der Waals surface area (Å²) in [5.41, 5.74) is 0.756. The SMILES string of the molecule is CN(C)c1ccc(NC(=O)CSC2CCNCC2)cn1. The Bertz CT molecular complexity index is 429. The largest absolute Gasteiger partial charge is 0.363 e. The molecule has 1 aliphatic heterocycles. The van der Waals surface area contributed by atoms with Crippen molar-refractivity contribution in [3.63, 3.8) is 0 Å². The van der Waals surface area contributed by atoms with Crippen LogP contribution in [0.25, 0.3) is 0 Å². The molecular formula is C14H22N4OS. The molecule has 0 aliphatic carbocycles. The number of anilines is 2. The molecule has 5 nitrogen and oxygen atoms in total. The van der Waals surface area contributed by atoms with Gasteiger partial charge in [0.25, 0.3) is 0 Å². The average Bonchev–Trinajstić information content (AvgIpc) is 2.47. The fraction of sp³-hybridized carbons (Fsp3) is 0.571. The zero-order valence-electron chi connectivity index (χ0n) is 12.1. The van der Waals surface area contributed by atoms with E-state index in [4.69, 9.17) is 0 Å². The van der Waals surface area contributed by atoms with Gasteiger partial charge in [0, 0.05) is 19.3 Å². The van der Waals surface area contributed by atoms with Gasteiger partial charge in [-0.3, -0.25) is 4.79 Å². The molecule has 0 aromatic carbocycles. The minimum absolute atomic E-state index is 0.0490. The first-order valence-corrected chi connectivity index (χ1v) is 7.95. The number of nitrogens with zero attached hydrogens (tertiary/aromatic N) is 2. The van der Waals surface area contributed by atoms with Crippen LogP contribution in [0.15, 0.2) is 18.3 Å². The Morgan fingerprint density at radius 2 is 2.20 bits per heavy atom. The second kappa shape index (κ2) is 7.50. The monoisotopic (exact) mass is 294 g/mol. The van der Waals surface area contributed by atoms with Crippen LogP contribution in [0.1, 0.15) is 12.8 Å². The smallest absolute Gasteiger partial charge is 0.234 e. The summed E-state index contributed by atoms with van der Waals surface area (Å²) in [4.78, 5) is 18.1. The molecule has 0 unspecified atom stereocenters. The fourth-order valence-corrected chi connectivity index (χ4v) is 3.11. The number of hydrogen-bond donors (Lipinski definition) is 2. The van der Waals surface area contributed by atoms with Gasteiger partial charge in [-0.15, -0.1) is 11.8 Å². The fourth-order valence-electron chi connectivity index (χ4n) is 2.08. The molecule has 0 bridgehead atoms. The second-order valence-electron chi connectivity index (χ2n) is 5.11. The maximum atomic E-state index is 11.9. The maximum absolute atomic E-state index is 11.9. The minimum Gasteiger partial charge on any atom is -0.363 e. The van der Waals surface area contributed by atoms with Gasteiger partial charge in [-0.2, -0.15) is 0 Å². The molecule has 2 rings (SSSR count). The van der Waals surface area contributed by atoms with Crippen molar-refractivity contribution in [2.45, 2.75) is 18.1 Å². The first-order chi connectivity index (χ1) is 9.65. The van der Waals surface area contributed by atoms with Gasteiger partial charge in [-0.05, 0) is 38.1 Å². The summed E-state index contributed by atoms with van der Waals surface area (Å²) in [5, 5.41) is 6.83. The highest BCUT2D eigenvalue weighted by Gasteiger charge is 2.15. The van der Waals surface area contributed by atoms with E-state index in [1.54, 1.807) is 18.0 Å². The van der Waals surface area contributed by atoms with Crippen molar-refractivity contribution in [3.8, 4) is 0 Å². The van der Waals surface area contributed by atoms with Crippen LogP contribution in [0.5, 0.6) is 0 Å². The number of piperidine rings is 1. The summed E-state index contributed by atoms with van der Waals surface area (Å²) in [7, 11) is 3.88. The van der Waals surface area contributed by atoms with Crippen LogP contribution in [0, 0.1) is 0 Å². The molecule has 0 saturated carbocycles. The lowest BCUT2D eigenvalue weighted by Gasteiger charge is -2.21. The predicted molar refractivity (Wildman–Crippen MR) is 85.5 cm³/mol. The van der Waals surface area contributed by atoms with Crippen molar-refractivity contribution in [1.82, 2.24) is 10.3 Å². The highest BCUT2D eigenvalue weighted by molar-refractivity contribution is 8.00. The molecule has 0 radical (unpaired) electrons. The van der Waals surface area contributed by atoms with Crippen LogP contribution >= 0.6 is 11.8 Å². The van der Waals surface area contributed by atoms with Crippen LogP contribution < -0.4 is 15.5 Å². The van der Waals surface area contributed by atoms with Crippen LogP contribution in [0.3, 0.4) is 0 Å². The predicted octanol–water partition coefficient (Wildman–Crippen LogP) is 1.57. The average molecular weight is 294 g/mol. The third kappa shape index (κ3) is 4.68. The van der Waals surface area contributed by atoms with E-state index in [1.165, 1.54) is 0 Å². The minimum atomic E-state index is 0.0490. The quantitative estimate of drug-likeness (QED) is 0.863. The number of hydrogen-bond acceptors (Lipinski definition) is 5. The zero-order valence-corrected chi connectivity index (χ0v) is 12.9. The number of carbonyl (C=O) groups excluding carboxylic acids is 1. The molecular weight excluding hydrogens is 272 g/mol. The van der Waals surface area contributed by atoms with E-state index < -0.39 is 0 Å². The summed E-state index contributed by atoms with van der Waals surface area (Å²) in [6.45, 7) is 2.13. The molecule has 2 N–H and O–H groups in total. The second-order valence-corrected chi connectivity index (χ2v) is 6.40. The first kappa shape index (κ1) is 15.1. The molecule has 1 aromatic rings. The summed E-state index contributed by atoms with van der Waals surface area (Å²) in [6, 6.07) is 3.78. The number of aromatic nitrogens is 1. The Kier molecular flexibility index (Phi) is 5.67. The number of nitrogens with one attached hydrogen (secondary N) is 2. The lowest BCUT2D eigenvalue weighted by molar-refractivity contribution is -0.113. The van der Waals surface area contributed by atoms with Crippen molar-refractivity contribution < 1.29 is 4.79 Å². The van der Waals surface area contributed by atoms with Gasteiger partial charge in [0.05, 0.1) is 17.6 Å². The normalized spacial score (nSPS) is 15.9. The van der Waals surface area contributed by atoms with Crippen LogP contribution in [-0.4, -0.2) is 49.1 Å². The molecule has 20 heavy (non-hydrogen) atoms. The van der Waals surface area contributed by atoms with E-state index in [9.17, 15) is 4.79 Å². The van der Waals surface area contributed by atoms with Crippen LogP contribution in [0.4, 0.5) is 11.5 Å². The van der Waals surface area contributed by atoms with Gasteiger partial charge in [0.15, 0.2) is 0 Å². The number of thioether (sulfide) groups is 1. The van der Waals surface area contributed by atoms with E-state index in [-0.39, 0.29) is 5.91 Å². The molecule has 1 amide bonds. The molecule has 0 atom stereocenters. The van der Waals surface area contributed by atoms with Gasteiger partial charge in [0.2, 0.25) is 5.91 Å². The van der Waals surface area contributed by atoms with E-state index in [2.05, 4.69) is 15.6 Å². The van der Waals surface area contributed by atoms with Gasteiger partial charge in [-0.1, -0.05) is 0 Å². The third-order valence-electron chi connectivity index (χ3n) is 3.23. The Morgan fingerprint density at radius 3 is 2.80 bits per heavy atom. The van der Waals surface area contributed by atoms with E-state index >= 15 is 0 Å². The van der Waals surface area contributed by atoms with Gasteiger partial charge in [0.1, 0.15) is 5.82 Å². The lowest BCUT2D eigenvalue weighted by atomic mass is 10.2. The molecule has 1 aliphatic rings. The first-order valence-electron chi connectivity index (χ1n) is 6.90. The van der Waals surface area contributed by atoms with Crippen LogP contribution in [0.2, 0.25) is 0 Å². The molecule has 2 heterocycles. The molecule has 6 heteroatoms. The number of amides is 1. The van der Waals surface area contributed by atoms with Crippen molar-refractivity contribution in [3.05, 3.63) is 18.3 Å². The third-order valence-corrected chi connectivity index (χ3v) is 4.60. The standard InChI is InChI=1S/C14H22N4OS/c1-18(2)13-4-3-11(9-16-13)17-14(19)10-20-12-5-7-15-8-6-12/h3-4,9,12,15H,5-8,10H2,1-2H3,(H,17,19). The molecule has 1 saturated heterocycles. The van der Waals surface area contributed by atoms with Crippen LogP contribution in [-0.2, 0) is 4.79 Å². The Hall–Kier alpha value is -1.27. The van der Waals surface area contributed by atoms with E-state index in [1.807, 2.05) is 31.1 Å². The number of carbonyl (C=O) groups is 1. The number of pyridine rings is 1. The van der Waals surface area contributed by atoms with Gasteiger partial charge >= 0.3 is 0 Å². The van der Waals surface area contributed by atoms with Crippen molar-refractivity contribution in [1.29, 1.82) is 0 Å². The van der Waals surface area contributed by atoms with E-state index in [0.717, 1.165) is 37.4 Å². The zero-order chi connectivity index (χ0) is 14.4. The Labute approximate surface area is 124 Å². The van der Waals surface area contributed by atoms with Gasteiger partial charge in [-0.25, -0.2) is 4.98 Å². The van der Waals surface area contributed by atoms with Gasteiger partial charge < -0.3 is 15.5 Å². The number of rotatable bonds is 5. The maximum Gasteiger partial charge on any atom is 0.234 e. The van der Waals surface area contributed by atoms with Crippen molar-refractivity contribution >= 4 is 29.2 Å². The molecule has 1 aromatic heterocycles. The summed E-state index contributed by atoms with van der Waals surface area (Å²) < 4.78 is 0. The molecule has 1 fully saturated rings. The molecule has 0 spiro atoms. The summed E-state index contributed by atoms with van der Waals surface area (Å²) in [5.74, 6) is 1.44. The highest BCUT2D eigenvalue weighted by atomic mass is 32.2. The summed E-state index contributed by atoms with van der Waals surface area (Å²) in [6.07, 6.45) is 4.00.